The van der Waals surface area contributed by atoms with Crippen molar-refractivity contribution in [3.8, 4) is 5.75 Å². The highest BCUT2D eigenvalue weighted by molar-refractivity contribution is 5.94. The summed E-state index contributed by atoms with van der Waals surface area (Å²) < 4.78 is 12.1. The first-order valence-corrected chi connectivity index (χ1v) is 12.2. The Kier molecular flexibility index (Phi) is 7.57. The first kappa shape index (κ1) is 26.0. The minimum absolute atomic E-state index is 0. The summed E-state index contributed by atoms with van der Waals surface area (Å²) in [7, 11) is 1.71. The number of carbonyl (C=O) groups is 1. The molecule has 2 heterocycles. The molecule has 0 amide bonds. The fraction of sp³-hybridized carbons (Fsp3) is 0.444. The number of nitrogens with one attached hydrogen (secondary N) is 2. The number of ether oxygens (including phenoxy) is 2. The lowest BCUT2D eigenvalue weighted by molar-refractivity contribution is 0.0378. The minimum Gasteiger partial charge on any atom is -0.496 e. The number of benzene rings is 2. The molecule has 3 aromatic rings. The van der Waals surface area contributed by atoms with Gasteiger partial charge in [-0.15, -0.1) is 12.4 Å². The number of hydrogen-bond acceptors (Lipinski definition) is 6. The van der Waals surface area contributed by atoms with E-state index in [1.165, 1.54) is 21.8 Å². The highest BCUT2D eigenvalue weighted by atomic mass is 35.5. The Morgan fingerprint density at radius 1 is 1.19 bits per heavy atom. The van der Waals surface area contributed by atoms with Crippen LogP contribution in [0.15, 0.2) is 46.0 Å². The number of aromatic nitrogens is 2. The molecule has 1 saturated heterocycles. The lowest BCUT2D eigenvalue weighted by atomic mass is 9.73. The number of nitrogens with zero attached hydrogens (tertiary/aromatic N) is 1. The van der Waals surface area contributed by atoms with Crippen LogP contribution in [0.5, 0.6) is 5.75 Å². The van der Waals surface area contributed by atoms with Gasteiger partial charge in [0.05, 0.1) is 29.7 Å². The van der Waals surface area contributed by atoms with Gasteiger partial charge in [-0.2, -0.15) is 0 Å². The summed E-state index contributed by atoms with van der Waals surface area (Å²) in [5, 5.41) is 4.01. The average Bonchev–Trinajstić information content (AvgIpc) is 3.26. The molecule has 5 rings (SSSR count). The third kappa shape index (κ3) is 4.67. The van der Waals surface area contributed by atoms with E-state index in [0.717, 1.165) is 25.1 Å². The topological polar surface area (TPSA) is 102 Å². The van der Waals surface area contributed by atoms with Crippen molar-refractivity contribution < 1.29 is 14.3 Å². The van der Waals surface area contributed by atoms with E-state index < -0.39 is 11.7 Å². The highest BCUT2D eigenvalue weighted by Crippen LogP contribution is 2.45. The van der Waals surface area contributed by atoms with Gasteiger partial charge in [-0.3, -0.25) is 9.36 Å². The predicted octanol–water partition coefficient (Wildman–Crippen LogP) is 3.39. The molecule has 1 aliphatic heterocycles. The van der Waals surface area contributed by atoms with Crippen LogP contribution in [0.2, 0.25) is 0 Å². The first-order valence-electron chi connectivity index (χ1n) is 12.2. The molecule has 3 atom stereocenters. The molecule has 0 bridgehead atoms. The maximum absolute atomic E-state index is 13.2. The van der Waals surface area contributed by atoms with Crippen LogP contribution in [-0.4, -0.2) is 41.3 Å². The lowest BCUT2D eigenvalue weighted by Gasteiger charge is -2.32. The summed E-state index contributed by atoms with van der Waals surface area (Å²) in [6.07, 6.45) is 2.50. The van der Waals surface area contributed by atoms with Crippen molar-refractivity contribution in [1.82, 2.24) is 14.9 Å². The Balaban J connectivity index is 0.00000304. The van der Waals surface area contributed by atoms with Crippen LogP contribution in [0.25, 0.3) is 10.9 Å². The number of fused-ring (bicyclic) bond motifs is 4. The van der Waals surface area contributed by atoms with Crippen LogP contribution in [0.4, 0.5) is 0 Å². The number of hydrogen-bond donors (Lipinski definition) is 2. The number of aromatic amines is 1. The average molecular weight is 514 g/mol. The second kappa shape index (κ2) is 10.5. The maximum Gasteiger partial charge on any atom is 0.338 e. The van der Waals surface area contributed by atoms with Gasteiger partial charge in [-0.1, -0.05) is 12.1 Å². The molecule has 2 aliphatic rings. The molecular weight excluding hydrogens is 482 g/mol. The number of H-pyrrole nitrogens is 1. The molecule has 0 radical (unpaired) electrons. The van der Waals surface area contributed by atoms with E-state index in [0.29, 0.717) is 41.3 Å². The molecule has 2 N–H and O–H groups in total. The standard InChI is InChI=1S/C27H31N3O5.ClH/c1-15(2)35-26(32)16-7-10-20-22(13-16)29-27(33)30(25(20)31)12-11-21-24-17(14-28-21)8-9-18-19(24)5-4-6-23(18)34-3;/h4-7,10,13,15,17,21,24,28H,8-9,11-12,14H2,1-3H3,(H,29,33);1H/t17-,21?,24+;/m0./s1. The number of esters is 1. The molecule has 0 saturated carbocycles. The summed E-state index contributed by atoms with van der Waals surface area (Å²) in [5.74, 6) is 1.32. The van der Waals surface area contributed by atoms with Crippen molar-refractivity contribution in [2.45, 2.75) is 57.7 Å². The van der Waals surface area contributed by atoms with Crippen LogP contribution in [0.3, 0.4) is 0 Å². The van der Waals surface area contributed by atoms with Crippen LogP contribution in [0.1, 0.15) is 54.1 Å². The Hall–Kier alpha value is -3.10. The van der Waals surface area contributed by atoms with Gasteiger partial charge in [0.2, 0.25) is 0 Å². The molecule has 9 heteroatoms. The molecular formula is C27H32ClN3O5. The number of methoxy groups -OCH3 is 1. The predicted molar refractivity (Wildman–Crippen MR) is 141 cm³/mol. The second-order valence-electron chi connectivity index (χ2n) is 9.76. The minimum atomic E-state index is -0.488. The number of rotatable bonds is 6. The zero-order valence-corrected chi connectivity index (χ0v) is 21.5. The van der Waals surface area contributed by atoms with Crippen LogP contribution < -0.4 is 21.3 Å². The molecule has 2 aromatic carbocycles. The monoisotopic (exact) mass is 513 g/mol. The third-order valence-electron chi connectivity index (χ3n) is 7.32. The largest absolute Gasteiger partial charge is 0.496 e. The number of halogens is 1. The van der Waals surface area contributed by atoms with Crippen LogP contribution >= 0.6 is 12.4 Å². The van der Waals surface area contributed by atoms with Gasteiger partial charge in [-0.25, -0.2) is 9.59 Å². The molecule has 1 aliphatic carbocycles. The molecule has 192 valence electrons. The zero-order valence-electron chi connectivity index (χ0n) is 20.7. The molecule has 8 nitrogen and oxygen atoms in total. The lowest BCUT2D eigenvalue weighted by Crippen LogP contribution is -2.38. The molecule has 0 spiro atoms. The van der Waals surface area contributed by atoms with Crippen LogP contribution in [-0.2, 0) is 17.7 Å². The fourth-order valence-electron chi connectivity index (χ4n) is 5.74. The van der Waals surface area contributed by atoms with Crippen molar-refractivity contribution in [1.29, 1.82) is 0 Å². The van der Waals surface area contributed by atoms with E-state index >= 15 is 0 Å². The summed E-state index contributed by atoms with van der Waals surface area (Å²) in [6.45, 7) is 4.78. The van der Waals surface area contributed by atoms with E-state index in [2.05, 4.69) is 16.4 Å². The van der Waals surface area contributed by atoms with Gasteiger partial charge in [0.25, 0.3) is 5.56 Å². The fourth-order valence-corrected chi connectivity index (χ4v) is 5.74. The summed E-state index contributed by atoms with van der Waals surface area (Å²) in [6, 6.07) is 11.1. The smallest absolute Gasteiger partial charge is 0.338 e. The highest BCUT2D eigenvalue weighted by Gasteiger charge is 2.40. The van der Waals surface area contributed by atoms with Crippen molar-refractivity contribution in [2.24, 2.45) is 5.92 Å². The Bertz CT molecular complexity index is 1400. The van der Waals surface area contributed by atoms with Gasteiger partial charge in [0, 0.05) is 18.5 Å². The Morgan fingerprint density at radius 3 is 2.75 bits per heavy atom. The van der Waals surface area contributed by atoms with Gasteiger partial charge < -0.3 is 19.8 Å². The van der Waals surface area contributed by atoms with E-state index in [4.69, 9.17) is 9.47 Å². The van der Waals surface area contributed by atoms with Crippen molar-refractivity contribution >= 4 is 29.3 Å². The molecule has 1 unspecified atom stereocenters. The van der Waals surface area contributed by atoms with Crippen molar-refractivity contribution in [3.05, 3.63) is 73.9 Å². The molecule has 36 heavy (non-hydrogen) atoms. The molecule has 1 fully saturated rings. The zero-order chi connectivity index (χ0) is 24.7. The van der Waals surface area contributed by atoms with Gasteiger partial charge in [-0.05, 0) is 81.0 Å². The van der Waals surface area contributed by atoms with Gasteiger partial charge >= 0.3 is 11.7 Å². The number of carbonyl (C=O) groups excluding carboxylic acids is 1. The van der Waals surface area contributed by atoms with E-state index in [1.54, 1.807) is 33.1 Å². The van der Waals surface area contributed by atoms with Gasteiger partial charge in [0.1, 0.15) is 5.75 Å². The Labute approximate surface area is 215 Å². The summed E-state index contributed by atoms with van der Waals surface area (Å²) in [5.41, 5.74) is 2.40. The summed E-state index contributed by atoms with van der Waals surface area (Å²) >= 11 is 0. The van der Waals surface area contributed by atoms with Crippen LogP contribution in [0, 0.1) is 5.92 Å². The van der Waals surface area contributed by atoms with Gasteiger partial charge in [0.15, 0.2) is 0 Å². The maximum atomic E-state index is 13.2. The quantitative estimate of drug-likeness (QED) is 0.490. The third-order valence-corrected chi connectivity index (χ3v) is 7.32. The normalized spacial score (nSPS) is 20.5. The Morgan fingerprint density at radius 2 is 2.00 bits per heavy atom. The van der Waals surface area contributed by atoms with E-state index in [-0.39, 0.29) is 30.1 Å². The van der Waals surface area contributed by atoms with E-state index in [1.807, 2.05) is 12.1 Å². The van der Waals surface area contributed by atoms with Crippen molar-refractivity contribution in [3.63, 3.8) is 0 Å². The second-order valence-corrected chi connectivity index (χ2v) is 9.76. The molecule has 1 aromatic heterocycles. The van der Waals surface area contributed by atoms with E-state index in [9.17, 15) is 14.4 Å². The SMILES string of the molecule is COc1cccc2c1CC[C@H]1CNC(CCn3c(=O)[nH]c4cc(C(=O)OC(C)C)ccc4c3=O)[C@@H]21.Cl. The summed E-state index contributed by atoms with van der Waals surface area (Å²) in [4.78, 5) is 41.0. The van der Waals surface area contributed by atoms with Crippen molar-refractivity contribution in [2.75, 3.05) is 13.7 Å². The first-order chi connectivity index (χ1) is 16.9.